The first-order valence-electron chi connectivity index (χ1n) is 4.10. The van der Waals surface area contributed by atoms with Gasteiger partial charge in [0.1, 0.15) is 0 Å². The highest BCUT2D eigenvalue weighted by Crippen LogP contribution is 2.18. The van der Waals surface area contributed by atoms with Crippen molar-refractivity contribution in [3.8, 4) is 0 Å². The van der Waals surface area contributed by atoms with Crippen LogP contribution in [0.2, 0.25) is 0 Å². The van der Waals surface area contributed by atoms with E-state index < -0.39 is 9.93 Å². The number of aliphatic hydroxyl groups is 1. The van der Waals surface area contributed by atoms with Gasteiger partial charge in [0.05, 0.1) is 6.61 Å². The lowest BCUT2D eigenvalue weighted by Gasteiger charge is -2.17. The molecule has 0 bridgehead atoms. The minimum Gasteiger partial charge on any atom is -0.399 e. The molecular weight excluding hydrogens is 186 g/mol. The maximum Gasteiger partial charge on any atom is 0.0530 e. The fourth-order valence-corrected chi connectivity index (χ4v) is 2.60. The average Bonchev–Trinajstić information content (AvgIpc) is 2.04. The van der Waals surface area contributed by atoms with Crippen molar-refractivity contribution in [2.45, 2.75) is 4.90 Å². The fourth-order valence-electron chi connectivity index (χ4n) is 1.14. The lowest BCUT2D eigenvalue weighted by Crippen LogP contribution is -2.17. The molecule has 74 valence electrons. The summed E-state index contributed by atoms with van der Waals surface area (Å²) in [5.41, 5.74) is 6.18. The topological polar surface area (TPSA) is 63.3 Å². The van der Waals surface area contributed by atoms with Crippen LogP contribution in [-0.2, 0) is 9.93 Å². The second kappa shape index (κ2) is 3.89. The zero-order valence-corrected chi connectivity index (χ0v) is 8.50. The number of thiol groups is 1. The van der Waals surface area contributed by atoms with Crippen molar-refractivity contribution in [1.82, 2.24) is 0 Å². The summed E-state index contributed by atoms with van der Waals surface area (Å²) >= 11 is 0. The van der Waals surface area contributed by atoms with Crippen molar-refractivity contribution < 1.29 is 9.32 Å². The van der Waals surface area contributed by atoms with E-state index in [1.807, 2.05) is 0 Å². The maximum atomic E-state index is 12.0. The molecule has 0 fully saturated rings. The SMILES string of the molecule is C[SH](=O)(CCO)c1cccc(N)c1. The van der Waals surface area contributed by atoms with Crippen LogP contribution >= 0.6 is 0 Å². The Morgan fingerprint density at radius 3 is 2.77 bits per heavy atom. The van der Waals surface area contributed by atoms with Gasteiger partial charge in [0.2, 0.25) is 0 Å². The van der Waals surface area contributed by atoms with Crippen LogP contribution in [0.25, 0.3) is 0 Å². The normalized spacial score (nSPS) is 12.8. The summed E-state index contributed by atoms with van der Waals surface area (Å²) in [5.74, 6) is 0.316. The Hall–Kier alpha value is -0.870. The monoisotopic (exact) mass is 201 g/mol. The van der Waals surface area contributed by atoms with Crippen LogP contribution in [0.5, 0.6) is 0 Å². The molecule has 4 heteroatoms. The van der Waals surface area contributed by atoms with E-state index in [1.165, 1.54) is 0 Å². The molecule has 0 amide bonds. The first kappa shape index (κ1) is 10.2. The standard InChI is InChI=1S/C9H15NO2S/c1-13(12,6-5-11)9-4-2-3-8(10)7-9/h2-4,7,11,13H,5-6,10H2,1H3. The van der Waals surface area contributed by atoms with E-state index in [2.05, 4.69) is 0 Å². The van der Waals surface area contributed by atoms with Crippen molar-refractivity contribution in [3.63, 3.8) is 0 Å². The molecule has 1 rings (SSSR count). The third-order valence-electron chi connectivity index (χ3n) is 1.94. The fraction of sp³-hybridized carbons (Fsp3) is 0.333. The minimum atomic E-state index is -2.40. The molecule has 0 aromatic heterocycles. The summed E-state index contributed by atoms with van der Waals surface area (Å²) in [6, 6.07) is 7.02. The molecule has 1 aromatic carbocycles. The van der Waals surface area contributed by atoms with Crippen molar-refractivity contribution in [3.05, 3.63) is 24.3 Å². The van der Waals surface area contributed by atoms with Crippen LogP contribution in [-0.4, -0.2) is 27.9 Å². The predicted octanol–water partition coefficient (Wildman–Crippen LogP) is 0.267. The van der Waals surface area contributed by atoms with Gasteiger partial charge in [-0.15, -0.1) is 0 Å². The molecule has 0 saturated heterocycles. The summed E-state index contributed by atoms with van der Waals surface area (Å²) < 4.78 is 12.0. The van der Waals surface area contributed by atoms with E-state index in [4.69, 9.17) is 10.8 Å². The molecule has 13 heavy (non-hydrogen) atoms. The summed E-state index contributed by atoms with van der Waals surface area (Å²) in [5, 5.41) is 8.73. The highest BCUT2D eigenvalue weighted by molar-refractivity contribution is 8.02. The Morgan fingerprint density at radius 1 is 1.54 bits per heavy atom. The number of nitrogen functional groups attached to an aromatic ring is 1. The molecule has 0 aliphatic heterocycles. The molecule has 0 heterocycles. The van der Waals surface area contributed by atoms with Crippen LogP contribution in [0, 0.1) is 0 Å². The van der Waals surface area contributed by atoms with Crippen molar-refractivity contribution in [1.29, 1.82) is 0 Å². The van der Waals surface area contributed by atoms with E-state index in [-0.39, 0.29) is 6.61 Å². The average molecular weight is 201 g/mol. The second-order valence-corrected chi connectivity index (χ2v) is 6.31. The molecule has 0 aliphatic rings. The zero-order chi connectivity index (χ0) is 9.90. The highest BCUT2D eigenvalue weighted by Gasteiger charge is 2.10. The predicted molar refractivity (Wildman–Crippen MR) is 56.5 cm³/mol. The molecule has 0 radical (unpaired) electrons. The van der Waals surface area contributed by atoms with Gasteiger partial charge in [-0.3, -0.25) is 4.21 Å². The highest BCUT2D eigenvalue weighted by atomic mass is 32.2. The molecule has 0 spiro atoms. The van der Waals surface area contributed by atoms with Crippen molar-refractivity contribution in [2.24, 2.45) is 0 Å². The van der Waals surface area contributed by atoms with Gasteiger partial charge < -0.3 is 10.8 Å². The Morgan fingerprint density at radius 2 is 2.23 bits per heavy atom. The Kier molecular flexibility index (Phi) is 3.06. The maximum absolute atomic E-state index is 12.0. The molecule has 0 aliphatic carbocycles. The van der Waals surface area contributed by atoms with Crippen LogP contribution in [0.3, 0.4) is 0 Å². The van der Waals surface area contributed by atoms with Gasteiger partial charge in [0.25, 0.3) is 0 Å². The van der Waals surface area contributed by atoms with Crippen molar-refractivity contribution >= 4 is 15.6 Å². The number of hydrogen-bond acceptors (Lipinski definition) is 3. The van der Waals surface area contributed by atoms with Crippen LogP contribution in [0.15, 0.2) is 29.2 Å². The quantitative estimate of drug-likeness (QED) is 0.486. The number of benzene rings is 1. The van der Waals surface area contributed by atoms with E-state index >= 15 is 0 Å². The van der Waals surface area contributed by atoms with Gasteiger partial charge in [0, 0.05) is 16.3 Å². The van der Waals surface area contributed by atoms with Gasteiger partial charge in [-0.25, -0.2) is 0 Å². The summed E-state index contributed by atoms with van der Waals surface area (Å²) in [6.45, 7) is -0.0530. The Labute approximate surface area is 79.0 Å². The van der Waals surface area contributed by atoms with Crippen molar-refractivity contribution in [2.75, 3.05) is 24.3 Å². The minimum absolute atomic E-state index is 0.0530. The van der Waals surface area contributed by atoms with Gasteiger partial charge in [-0.1, -0.05) is 16.0 Å². The largest absolute Gasteiger partial charge is 0.399 e. The molecule has 1 aromatic rings. The van der Waals surface area contributed by atoms with E-state index in [0.29, 0.717) is 11.4 Å². The Bertz CT molecular complexity index is 338. The third kappa shape index (κ3) is 2.54. The smallest absolute Gasteiger partial charge is 0.0530 e. The van der Waals surface area contributed by atoms with E-state index in [1.54, 1.807) is 30.5 Å². The first-order chi connectivity index (χ1) is 6.06. The van der Waals surface area contributed by atoms with Crippen LogP contribution in [0.1, 0.15) is 0 Å². The number of aliphatic hydroxyl groups excluding tert-OH is 1. The molecule has 0 unspecified atom stereocenters. The molecule has 0 atom stereocenters. The van der Waals surface area contributed by atoms with Crippen LogP contribution in [0.4, 0.5) is 5.69 Å². The van der Waals surface area contributed by atoms with Gasteiger partial charge in [0.15, 0.2) is 0 Å². The lowest BCUT2D eigenvalue weighted by molar-refractivity contribution is 0.320. The van der Waals surface area contributed by atoms with Gasteiger partial charge >= 0.3 is 0 Å². The number of rotatable bonds is 3. The number of hydrogen-bond donors (Lipinski definition) is 3. The molecule has 0 saturated carbocycles. The molecular formula is C9H15NO2S. The van der Waals surface area contributed by atoms with Crippen LogP contribution < -0.4 is 5.73 Å². The lowest BCUT2D eigenvalue weighted by atomic mass is 10.3. The van der Waals surface area contributed by atoms with Gasteiger partial charge in [-0.2, -0.15) is 0 Å². The summed E-state index contributed by atoms with van der Waals surface area (Å²) in [6.07, 6.45) is 1.66. The number of nitrogens with two attached hydrogens (primary N) is 1. The third-order valence-corrected chi connectivity index (χ3v) is 4.37. The van der Waals surface area contributed by atoms with E-state index in [0.717, 1.165) is 4.90 Å². The van der Waals surface area contributed by atoms with Gasteiger partial charge in [-0.05, 0) is 24.5 Å². The first-order valence-corrected chi connectivity index (χ1v) is 6.44. The second-order valence-electron chi connectivity index (χ2n) is 3.14. The molecule has 3 N–H and O–H groups in total. The Balaban J connectivity index is 3.00. The van der Waals surface area contributed by atoms with E-state index in [9.17, 15) is 4.21 Å². The summed E-state index contributed by atoms with van der Waals surface area (Å²) in [7, 11) is -2.40. The zero-order valence-electron chi connectivity index (χ0n) is 7.60. The molecule has 3 nitrogen and oxygen atoms in total. The number of anilines is 1. The summed E-state index contributed by atoms with van der Waals surface area (Å²) in [4.78, 5) is 0.738.